The number of rotatable bonds is 5. The minimum absolute atomic E-state index is 0.0955. The van der Waals surface area contributed by atoms with Gasteiger partial charge in [-0.25, -0.2) is 18.2 Å². The Morgan fingerprint density at radius 3 is 2.42 bits per heavy atom. The highest BCUT2D eigenvalue weighted by molar-refractivity contribution is 7.72. The fourth-order valence-electron chi connectivity index (χ4n) is 2.24. The molecule has 1 aliphatic carbocycles. The molecule has 6 heteroatoms. The van der Waals surface area contributed by atoms with Gasteiger partial charge in [0.25, 0.3) is 0 Å². The lowest BCUT2D eigenvalue weighted by Gasteiger charge is -2.18. The number of carbonyl (C=O) groups is 1. The minimum atomic E-state index is -2.68. The predicted molar refractivity (Wildman–Crippen MR) is 71.1 cm³/mol. The lowest BCUT2D eigenvalue weighted by atomic mass is 9.99. The molecule has 0 radical (unpaired) electrons. The molecule has 1 unspecified atom stereocenters. The van der Waals surface area contributed by atoms with Crippen LogP contribution in [0.4, 0.5) is 0 Å². The Hall–Kier alpha value is -1.43. The summed E-state index contributed by atoms with van der Waals surface area (Å²) >= 11 is 0. The molecule has 1 heterocycles. The molecule has 1 aliphatic rings. The third-order valence-electron chi connectivity index (χ3n) is 3.33. The van der Waals surface area contributed by atoms with Crippen LogP contribution in [-0.2, 0) is 10.7 Å². The summed E-state index contributed by atoms with van der Waals surface area (Å²) in [6, 6.07) is 3.17. The zero-order valence-electron chi connectivity index (χ0n) is 10.9. The molecule has 1 atom stereocenters. The lowest BCUT2D eigenvalue weighted by Crippen LogP contribution is -2.15. The molecule has 5 nitrogen and oxygen atoms in total. The van der Waals surface area contributed by atoms with Gasteiger partial charge in [0.15, 0.2) is 0 Å². The highest BCUT2D eigenvalue weighted by atomic mass is 32.2. The van der Waals surface area contributed by atoms with E-state index in [4.69, 9.17) is 5.11 Å². The second-order valence-corrected chi connectivity index (χ2v) is 6.35. The average Bonchev–Trinajstić information content (AvgIpc) is 3.11. The number of aromatic carboxylic acids is 1. The standard InChI is InChI=1S/C13H17NO4S/c1-7(2)12(19(17)18)11-9(8-3-4-8)5-6-10(14-11)13(15)16/h5-8,12,19H,3-4H2,1-2H3,(H,15,16). The Balaban J connectivity index is 2.56. The van der Waals surface area contributed by atoms with Crippen molar-refractivity contribution in [1.29, 1.82) is 0 Å². The SMILES string of the molecule is CC(C)C(c1nc(C(=O)O)ccc1C1CC1)[SH](=O)=O. The summed E-state index contributed by atoms with van der Waals surface area (Å²) in [4.78, 5) is 15.1. The molecule has 0 aliphatic heterocycles. The van der Waals surface area contributed by atoms with Crippen LogP contribution in [0.15, 0.2) is 12.1 Å². The molecule has 1 aromatic heterocycles. The maximum absolute atomic E-state index is 11.5. The molecule has 0 bridgehead atoms. The van der Waals surface area contributed by atoms with Gasteiger partial charge in [-0.05, 0) is 36.3 Å². The Morgan fingerprint density at radius 2 is 2.00 bits per heavy atom. The molecular weight excluding hydrogens is 266 g/mol. The van der Waals surface area contributed by atoms with Gasteiger partial charge in [-0.1, -0.05) is 19.9 Å². The van der Waals surface area contributed by atoms with E-state index in [1.807, 2.05) is 13.8 Å². The summed E-state index contributed by atoms with van der Waals surface area (Å²) in [6.07, 6.45) is 2.03. The second kappa shape index (κ2) is 5.28. The number of carboxylic acid groups (broad SMARTS) is 1. The van der Waals surface area contributed by atoms with Gasteiger partial charge in [0.1, 0.15) is 21.6 Å². The fraction of sp³-hybridized carbons (Fsp3) is 0.538. The van der Waals surface area contributed by atoms with E-state index >= 15 is 0 Å². The number of hydrogen-bond donors (Lipinski definition) is 2. The normalized spacial score (nSPS) is 16.8. The minimum Gasteiger partial charge on any atom is -0.477 e. The van der Waals surface area contributed by atoms with E-state index in [2.05, 4.69) is 4.98 Å². The number of pyridine rings is 1. The van der Waals surface area contributed by atoms with Crippen molar-refractivity contribution in [2.75, 3.05) is 0 Å². The van der Waals surface area contributed by atoms with E-state index in [1.54, 1.807) is 6.07 Å². The van der Waals surface area contributed by atoms with E-state index in [0.29, 0.717) is 11.6 Å². The van der Waals surface area contributed by atoms with Crippen LogP contribution in [0.2, 0.25) is 0 Å². The van der Waals surface area contributed by atoms with Crippen LogP contribution in [0, 0.1) is 5.92 Å². The quantitative estimate of drug-likeness (QED) is 0.807. The first-order valence-electron chi connectivity index (χ1n) is 6.29. The van der Waals surface area contributed by atoms with Crippen molar-refractivity contribution in [1.82, 2.24) is 4.98 Å². The van der Waals surface area contributed by atoms with E-state index < -0.39 is 21.9 Å². The van der Waals surface area contributed by atoms with Crippen molar-refractivity contribution in [3.05, 3.63) is 29.1 Å². The zero-order chi connectivity index (χ0) is 14.2. The summed E-state index contributed by atoms with van der Waals surface area (Å²) < 4.78 is 22.9. The van der Waals surface area contributed by atoms with Gasteiger partial charge in [-0.3, -0.25) is 0 Å². The summed E-state index contributed by atoms with van der Waals surface area (Å²) in [5, 5.41) is 8.28. The topological polar surface area (TPSA) is 84.3 Å². The van der Waals surface area contributed by atoms with Gasteiger partial charge in [-0.2, -0.15) is 0 Å². The molecule has 1 N–H and O–H groups in total. The third-order valence-corrected chi connectivity index (χ3v) is 4.63. The average molecular weight is 283 g/mol. The van der Waals surface area contributed by atoms with Crippen LogP contribution in [0.1, 0.15) is 59.6 Å². The van der Waals surface area contributed by atoms with Crippen LogP contribution in [0.5, 0.6) is 0 Å². The van der Waals surface area contributed by atoms with E-state index in [0.717, 1.165) is 18.4 Å². The zero-order valence-corrected chi connectivity index (χ0v) is 11.8. The fourth-order valence-corrected chi connectivity index (χ4v) is 3.13. The van der Waals surface area contributed by atoms with Crippen LogP contribution in [0.25, 0.3) is 0 Å². The monoisotopic (exact) mass is 283 g/mol. The summed E-state index contributed by atoms with van der Waals surface area (Å²) in [6.45, 7) is 3.61. The first-order valence-corrected chi connectivity index (χ1v) is 7.54. The Labute approximate surface area is 113 Å². The van der Waals surface area contributed by atoms with Crippen molar-refractivity contribution in [2.45, 2.75) is 37.9 Å². The second-order valence-electron chi connectivity index (χ2n) is 5.22. The van der Waals surface area contributed by atoms with E-state index in [-0.39, 0.29) is 11.6 Å². The van der Waals surface area contributed by atoms with Crippen LogP contribution >= 0.6 is 0 Å². The lowest BCUT2D eigenvalue weighted by molar-refractivity contribution is 0.0690. The largest absolute Gasteiger partial charge is 0.477 e. The Bertz CT molecular complexity index is 568. The summed E-state index contributed by atoms with van der Waals surface area (Å²) in [5.74, 6) is -0.927. The number of hydrogen-bond acceptors (Lipinski definition) is 4. The smallest absolute Gasteiger partial charge is 0.354 e. The molecule has 0 saturated heterocycles. The number of aromatic nitrogens is 1. The molecule has 104 valence electrons. The van der Waals surface area contributed by atoms with Gasteiger partial charge in [0.05, 0.1) is 5.69 Å². The molecule has 19 heavy (non-hydrogen) atoms. The molecule has 0 spiro atoms. The van der Waals surface area contributed by atoms with Gasteiger partial charge in [-0.15, -0.1) is 0 Å². The maximum Gasteiger partial charge on any atom is 0.354 e. The van der Waals surface area contributed by atoms with Crippen molar-refractivity contribution < 1.29 is 18.3 Å². The Morgan fingerprint density at radius 1 is 1.37 bits per heavy atom. The van der Waals surface area contributed by atoms with Crippen LogP contribution in [0.3, 0.4) is 0 Å². The van der Waals surface area contributed by atoms with Gasteiger partial charge >= 0.3 is 5.97 Å². The van der Waals surface area contributed by atoms with E-state index in [9.17, 15) is 13.2 Å². The third kappa shape index (κ3) is 2.94. The molecule has 0 aromatic carbocycles. The first kappa shape index (κ1) is 14.0. The van der Waals surface area contributed by atoms with Gasteiger partial charge < -0.3 is 5.11 Å². The predicted octanol–water partition coefficient (Wildman–Crippen LogP) is 1.97. The van der Waals surface area contributed by atoms with Crippen molar-refractivity contribution in [2.24, 2.45) is 5.92 Å². The van der Waals surface area contributed by atoms with E-state index in [1.165, 1.54) is 6.07 Å². The number of nitrogens with zero attached hydrogens (tertiary/aromatic N) is 1. The van der Waals surface area contributed by atoms with Gasteiger partial charge in [0.2, 0.25) is 0 Å². The summed E-state index contributed by atoms with van der Waals surface area (Å²) in [5.41, 5.74) is 1.22. The van der Waals surface area contributed by atoms with Crippen molar-refractivity contribution in [3.8, 4) is 0 Å². The van der Waals surface area contributed by atoms with Crippen molar-refractivity contribution in [3.63, 3.8) is 0 Å². The molecular formula is C13H17NO4S. The molecule has 0 amide bonds. The first-order chi connectivity index (χ1) is 8.91. The molecule has 2 rings (SSSR count). The highest BCUT2D eigenvalue weighted by Crippen LogP contribution is 2.44. The van der Waals surface area contributed by atoms with Crippen LogP contribution in [-0.4, -0.2) is 24.5 Å². The Kier molecular flexibility index (Phi) is 3.89. The molecule has 1 fully saturated rings. The van der Waals surface area contributed by atoms with Gasteiger partial charge in [0, 0.05) is 0 Å². The van der Waals surface area contributed by atoms with Crippen molar-refractivity contribution >= 4 is 16.7 Å². The maximum atomic E-state index is 11.5. The molecule has 1 aromatic rings. The number of carboxylic acids is 1. The summed E-state index contributed by atoms with van der Waals surface area (Å²) in [7, 11) is -2.68. The molecule has 1 saturated carbocycles. The number of thiol groups is 1. The highest BCUT2D eigenvalue weighted by Gasteiger charge is 2.32. The van der Waals surface area contributed by atoms with Crippen LogP contribution < -0.4 is 0 Å².